The SMILES string of the molecule is O=C(Cc1nc(CSc2nnc(-c3cccs3)o2)cs1)NCc1ccccc1. The van der Waals surface area contributed by atoms with Crippen molar-refractivity contribution in [3.05, 3.63) is 69.5 Å². The molecule has 3 heterocycles. The number of rotatable bonds is 8. The van der Waals surface area contributed by atoms with Gasteiger partial charge in [0.05, 0.1) is 17.0 Å². The minimum Gasteiger partial charge on any atom is -0.410 e. The van der Waals surface area contributed by atoms with E-state index in [1.54, 1.807) is 11.3 Å². The Morgan fingerprint density at radius 3 is 2.82 bits per heavy atom. The molecule has 142 valence electrons. The number of amides is 1. The second kappa shape index (κ2) is 9.13. The fourth-order valence-corrected chi connectivity index (χ4v) is 4.59. The highest BCUT2D eigenvalue weighted by atomic mass is 32.2. The van der Waals surface area contributed by atoms with Crippen molar-refractivity contribution in [2.45, 2.75) is 23.9 Å². The number of hydrogen-bond acceptors (Lipinski definition) is 8. The molecule has 0 saturated carbocycles. The first-order valence-electron chi connectivity index (χ1n) is 8.50. The summed E-state index contributed by atoms with van der Waals surface area (Å²) in [4.78, 5) is 17.6. The van der Waals surface area contributed by atoms with E-state index >= 15 is 0 Å². The molecular formula is C19H16N4O2S3. The molecular weight excluding hydrogens is 412 g/mol. The van der Waals surface area contributed by atoms with Gasteiger partial charge in [-0.2, -0.15) is 0 Å². The first-order chi connectivity index (χ1) is 13.8. The molecule has 0 aliphatic heterocycles. The van der Waals surface area contributed by atoms with E-state index in [0.29, 0.717) is 23.4 Å². The van der Waals surface area contributed by atoms with Crippen LogP contribution in [0.4, 0.5) is 0 Å². The number of carbonyl (C=O) groups excluding carboxylic acids is 1. The molecule has 0 saturated heterocycles. The van der Waals surface area contributed by atoms with E-state index in [1.165, 1.54) is 23.1 Å². The van der Waals surface area contributed by atoms with Crippen LogP contribution in [0.5, 0.6) is 0 Å². The first-order valence-corrected chi connectivity index (χ1v) is 11.2. The normalized spacial score (nSPS) is 10.9. The van der Waals surface area contributed by atoms with Gasteiger partial charge in [-0.15, -0.1) is 32.9 Å². The molecule has 0 spiro atoms. The van der Waals surface area contributed by atoms with Gasteiger partial charge >= 0.3 is 0 Å². The minimum atomic E-state index is -0.0325. The maximum atomic E-state index is 12.1. The Morgan fingerprint density at radius 1 is 1.11 bits per heavy atom. The third-order valence-electron chi connectivity index (χ3n) is 3.73. The fourth-order valence-electron chi connectivity index (χ4n) is 2.40. The van der Waals surface area contributed by atoms with Gasteiger partial charge in [0.25, 0.3) is 11.1 Å². The average molecular weight is 429 g/mol. The lowest BCUT2D eigenvalue weighted by atomic mass is 10.2. The predicted octanol–water partition coefficient (Wildman–Crippen LogP) is 4.41. The summed E-state index contributed by atoms with van der Waals surface area (Å²) in [7, 11) is 0. The molecule has 4 rings (SSSR count). The maximum absolute atomic E-state index is 12.1. The van der Waals surface area contributed by atoms with E-state index in [9.17, 15) is 4.79 Å². The van der Waals surface area contributed by atoms with Gasteiger partial charge in [-0.1, -0.05) is 48.2 Å². The predicted molar refractivity (Wildman–Crippen MR) is 111 cm³/mol. The lowest BCUT2D eigenvalue weighted by molar-refractivity contribution is -0.120. The van der Waals surface area contributed by atoms with E-state index in [0.717, 1.165) is 21.1 Å². The Kier molecular flexibility index (Phi) is 6.15. The van der Waals surface area contributed by atoms with Crippen LogP contribution in [-0.4, -0.2) is 21.1 Å². The molecule has 9 heteroatoms. The second-order valence-electron chi connectivity index (χ2n) is 5.81. The molecule has 1 aromatic carbocycles. The first kappa shape index (κ1) is 18.9. The monoisotopic (exact) mass is 428 g/mol. The molecule has 6 nitrogen and oxygen atoms in total. The summed E-state index contributed by atoms with van der Waals surface area (Å²) in [6.07, 6.45) is 0.283. The van der Waals surface area contributed by atoms with Crippen molar-refractivity contribution >= 4 is 40.3 Å². The topological polar surface area (TPSA) is 80.9 Å². The lowest BCUT2D eigenvalue weighted by Crippen LogP contribution is -2.24. The van der Waals surface area contributed by atoms with Crippen LogP contribution in [0.25, 0.3) is 10.8 Å². The molecule has 1 amide bonds. The number of benzene rings is 1. The lowest BCUT2D eigenvalue weighted by Gasteiger charge is -2.03. The minimum absolute atomic E-state index is 0.0325. The molecule has 4 aromatic rings. The van der Waals surface area contributed by atoms with Crippen molar-refractivity contribution in [2.24, 2.45) is 0 Å². The highest BCUT2D eigenvalue weighted by Gasteiger charge is 2.12. The summed E-state index contributed by atoms with van der Waals surface area (Å²) >= 11 is 4.49. The number of thiazole rings is 1. The van der Waals surface area contributed by atoms with Gasteiger partial charge in [0.15, 0.2) is 0 Å². The van der Waals surface area contributed by atoms with E-state index in [4.69, 9.17) is 4.42 Å². The van der Waals surface area contributed by atoms with E-state index in [-0.39, 0.29) is 12.3 Å². The van der Waals surface area contributed by atoms with Crippen LogP contribution in [0.2, 0.25) is 0 Å². The van der Waals surface area contributed by atoms with Crippen LogP contribution < -0.4 is 5.32 Å². The molecule has 0 unspecified atom stereocenters. The van der Waals surface area contributed by atoms with Crippen molar-refractivity contribution in [1.29, 1.82) is 0 Å². The summed E-state index contributed by atoms with van der Waals surface area (Å²) in [5.41, 5.74) is 1.98. The number of aromatic nitrogens is 3. The third-order valence-corrected chi connectivity index (χ3v) is 6.33. The molecule has 1 N–H and O–H groups in total. The Hall–Kier alpha value is -2.49. The van der Waals surface area contributed by atoms with Gasteiger partial charge in [-0.3, -0.25) is 4.79 Å². The molecule has 0 aliphatic carbocycles. The van der Waals surface area contributed by atoms with Gasteiger partial charge < -0.3 is 9.73 Å². The summed E-state index contributed by atoms with van der Waals surface area (Å²) < 4.78 is 5.66. The van der Waals surface area contributed by atoms with Crippen LogP contribution in [-0.2, 0) is 23.5 Å². The van der Waals surface area contributed by atoms with Crippen LogP contribution in [0.15, 0.2) is 62.9 Å². The van der Waals surface area contributed by atoms with Gasteiger partial charge in [-0.05, 0) is 17.0 Å². The third kappa shape index (κ3) is 5.06. The van der Waals surface area contributed by atoms with Crippen LogP contribution in [0, 0.1) is 0 Å². The summed E-state index contributed by atoms with van der Waals surface area (Å²) in [5.74, 6) is 1.12. The number of nitrogens with zero attached hydrogens (tertiary/aromatic N) is 3. The van der Waals surface area contributed by atoms with Crippen LogP contribution in [0.3, 0.4) is 0 Å². The molecule has 0 atom stereocenters. The number of carbonyl (C=O) groups is 1. The molecule has 0 radical (unpaired) electrons. The van der Waals surface area contributed by atoms with Gasteiger partial charge in [-0.25, -0.2) is 4.98 Å². The molecule has 0 aliphatic rings. The standard InChI is InChI=1S/C19H16N4O2S3/c24-16(20-10-13-5-2-1-3-6-13)9-17-21-14(11-27-17)12-28-19-23-22-18(25-19)15-7-4-8-26-15/h1-8,11H,9-10,12H2,(H,20,24). The Morgan fingerprint density at radius 2 is 2.00 bits per heavy atom. The Balaban J connectivity index is 1.25. The Labute approximate surface area is 174 Å². The van der Waals surface area contributed by atoms with Crippen LogP contribution >= 0.6 is 34.4 Å². The van der Waals surface area contributed by atoms with Crippen molar-refractivity contribution in [2.75, 3.05) is 0 Å². The van der Waals surface area contributed by atoms with Gasteiger partial charge in [0.2, 0.25) is 5.91 Å². The summed E-state index contributed by atoms with van der Waals surface area (Å²) in [5, 5.41) is 16.3. The summed E-state index contributed by atoms with van der Waals surface area (Å²) in [6.45, 7) is 0.525. The summed E-state index contributed by atoms with van der Waals surface area (Å²) in [6, 6.07) is 13.7. The fraction of sp³-hybridized carbons (Fsp3) is 0.158. The quantitative estimate of drug-likeness (QED) is 0.419. The van der Waals surface area contributed by atoms with Crippen molar-refractivity contribution in [1.82, 2.24) is 20.5 Å². The van der Waals surface area contributed by atoms with Crippen molar-refractivity contribution in [3.63, 3.8) is 0 Å². The van der Waals surface area contributed by atoms with Gasteiger partial charge in [0, 0.05) is 17.7 Å². The zero-order chi connectivity index (χ0) is 19.2. The smallest absolute Gasteiger partial charge is 0.277 e. The second-order valence-corrected chi connectivity index (χ2v) is 8.63. The Bertz CT molecular complexity index is 1030. The van der Waals surface area contributed by atoms with Gasteiger partial charge in [0.1, 0.15) is 5.01 Å². The molecule has 28 heavy (non-hydrogen) atoms. The molecule has 0 fully saturated rings. The number of thiophene rings is 1. The number of thioether (sulfide) groups is 1. The van der Waals surface area contributed by atoms with Crippen molar-refractivity contribution in [3.8, 4) is 10.8 Å². The van der Waals surface area contributed by atoms with Crippen LogP contribution in [0.1, 0.15) is 16.3 Å². The zero-order valence-corrected chi connectivity index (χ0v) is 17.1. The molecule has 0 bridgehead atoms. The van der Waals surface area contributed by atoms with E-state index in [1.807, 2.05) is 53.2 Å². The molecule has 3 aromatic heterocycles. The average Bonchev–Trinajstić information content (AvgIpc) is 3.47. The maximum Gasteiger partial charge on any atom is 0.277 e. The highest BCUT2D eigenvalue weighted by molar-refractivity contribution is 7.98. The highest BCUT2D eigenvalue weighted by Crippen LogP contribution is 2.28. The number of hydrogen-bond donors (Lipinski definition) is 1. The zero-order valence-electron chi connectivity index (χ0n) is 14.7. The van der Waals surface area contributed by atoms with Crippen molar-refractivity contribution < 1.29 is 9.21 Å². The largest absolute Gasteiger partial charge is 0.410 e. The van der Waals surface area contributed by atoms with E-state index in [2.05, 4.69) is 20.5 Å². The van der Waals surface area contributed by atoms with E-state index < -0.39 is 0 Å². The number of nitrogens with one attached hydrogen (secondary N) is 1.